The molecule has 3 rings (SSSR count). The van der Waals surface area contributed by atoms with Crippen molar-refractivity contribution in [1.82, 2.24) is 10.6 Å². The fraction of sp³-hybridized carbons (Fsp3) is 0.474. The molecule has 0 fully saturated rings. The Morgan fingerprint density at radius 2 is 1.58 bits per heavy atom. The maximum Gasteiger partial charge on any atom is 0.475 e. The molecule has 0 radical (unpaired) electrons. The van der Waals surface area contributed by atoms with Gasteiger partial charge in [-0.1, -0.05) is 62.7 Å². The summed E-state index contributed by atoms with van der Waals surface area (Å²) in [4.78, 5) is 29.0. The third-order valence-corrected chi connectivity index (χ3v) is 9.51. The predicted octanol–water partition coefficient (Wildman–Crippen LogP) is 6.82. The van der Waals surface area contributed by atoms with Gasteiger partial charge in [0.2, 0.25) is 5.91 Å². The van der Waals surface area contributed by atoms with Crippen LogP contribution in [-0.4, -0.2) is 62.5 Å². The molecule has 12 heteroatoms. The highest BCUT2D eigenvalue weighted by atomic mass is 31.2. The average Bonchev–Trinajstić information content (AvgIpc) is 3.11. The smallest absolute Gasteiger partial charge is 0.475 e. The monoisotopic (exact) mass is 711 g/mol. The molecule has 3 aromatic rings. The minimum Gasteiger partial charge on any atom is -0.497 e. The molecular weight excluding hydrogens is 657 g/mol. The SMILES string of the molecule is CCCCN(C(=O)CCC)c1cc(COP(=O)(OCC)OCC)cc(C(=O)N[C@@H](Cc2ccccc2)[C@@H](O)CNCc2cccc(OC)c2)c1. The number of phosphoric acid groups is 1. The molecule has 0 aliphatic heterocycles. The molecule has 0 saturated carbocycles. The summed E-state index contributed by atoms with van der Waals surface area (Å²) in [6, 6.07) is 21.7. The second-order valence-electron chi connectivity index (χ2n) is 11.9. The van der Waals surface area contributed by atoms with E-state index in [4.69, 9.17) is 18.3 Å². The van der Waals surface area contributed by atoms with Gasteiger partial charge < -0.3 is 25.4 Å². The number of benzene rings is 3. The van der Waals surface area contributed by atoms with Crippen LogP contribution in [0.15, 0.2) is 72.8 Å². The number of nitrogens with zero attached hydrogens (tertiary/aromatic N) is 1. The Kier molecular flexibility index (Phi) is 17.7. The van der Waals surface area contributed by atoms with E-state index < -0.39 is 25.9 Å². The second-order valence-corrected chi connectivity index (χ2v) is 13.6. The van der Waals surface area contributed by atoms with Crippen molar-refractivity contribution in [2.45, 2.75) is 85.1 Å². The van der Waals surface area contributed by atoms with Crippen LogP contribution in [0, 0.1) is 0 Å². The third-order valence-electron chi connectivity index (χ3n) is 7.91. The van der Waals surface area contributed by atoms with E-state index in [-0.39, 0.29) is 37.8 Å². The van der Waals surface area contributed by atoms with Crippen LogP contribution in [0.5, 0.6) is 5.75 Å². The van der Waals surface area contributed by atoms with Gasteiger partial charge in [0, 0.05) is 37.3 Å². The standard InChI is InChI=1S/C38H54N3O8P/c1-6-10-20-41(37(43)15-7-2)33-22-31(28-49-50(45,47-8-3)48-9-4)21-32(25-33)38(44)40-35(24-29-16-12-11-13-17-29)36(42)27-39-26-30-18-14-19-34(23-30)46-5/h11-14,16-19,21-23,25,35-36,39,42H,6-10,15,20,24,26-28H2,1-5H3,(H,40,44)/t35-,36-/m0/s1. The van der Waals surface area contributed by atoms with Crippen LogP contribution in [0.3, 0.4) is 0 Å². The highest BCUT2D eigenvalue weighted by Crippen LogP contribution is 2.50. The number of anilines is 1. The first kappa shape index (κ1) is 40.9. The van der Waals surface area contributed by atoms with E-state index in [0.29, 0.717) is 43.6 Å². The molecule has 2 amide bonds. The first-order valence-electron chi connectivity index (χ1n) is 17.5. The van der Waals surface area contributed by atoms with Gasteiger partial charge in [-0.2, -0.15) is 0 Å². The number of aliphatic hydroxyl groups excluding tert-OH is 1. The van der Waals surface area contributed by atoms with Gasteiger partial charge in [0.25, 0.3) is 5.91 Å². The van der Waals surface area contributed by atoms with Crippen LogP contribution in [0.1, 0.15) is 80.4 Å². The summed E-state index contributed by atoms with van der Waals surface area (Å²) in [7, 11) is -2.23. The lowest BCUT2D eigenvalue weighted by atomic mass is 10.00. The minimum absolute atomic E-state index is 0.0563. The Hall–Kier alpha value is -3.57. The Morgan fingerprint density at radius 3 is 2.24 bits per heavy atom. The minimum atomic E-state index is -3.85. The second kappa shape index (κ2) is 21.6. The van der Waals surface area contributed by atoms with Gasteiger partial charge in [-0.3, -0.25) is 23.2 Å². The number of amides is 2. The number of rotatable bonds is 23. The maximum atomic E-state index is 14.1. The summed E-state index contributed by atoms with van der Waals surface area (Å²) in [6.07, 6.45) is 2.12. The van der Waals surface area contributed by atoms with Gasteiger partial charge >= 0.3 is 7.82 Å². The number of ether oxygens (including phenoxy) is 1. The number of aliphatic hydroxyl groups is 1. The van der Waals surface area contributed by atoms with E-state index in [1.165, 1.54) is 0 Å². The molecule has 0 aromatic heterocycles. The van der Waals surface area contributed by atoms with Crippen molar-refractivity contribution in [3.8, 4) is 5.75 Å². The average molecular weight is 712 g/mol. The third kappa shape index (κ3) is 13.3. The zero-order chi connectivity index (χ0) is 36.4. The molecule has 0 aliphatic carbocycles. The largest absolute Gasteiger partial charge is 0.497 e. The molecule has 0 spiro atoms. The summed E-state index contributed by atoms with van der Waals surface area (Å²) < 4.78 is 34.7. The zero-order valence-corrected chi connectivity index (χ0v) is 31.0. The van der Waals surface area contributed by atoms with Gasteiger partial charge in [0.15, 0.2) is 0 Å². The van der Waals surface area contributed by atoms with Crippen LogP contribution in [0.25, 0.3) is 0 Å². The molecule has 3 aromatic carbocycles. The van der Waals surface area contributed by atoms with Gasteiger partial charge in [-0.25, -0.2) is 4.57 Å². The molecular formula is C38H54N3O8P. The van der Waals surface area contributed by atoms with E-state index >= 15 is 0 Å². The lowest BCUT2D eigenvalue weighted by Crippen LogP contribution is -2.48. The molecule has 3 N–H and O–H groups in total. The molecule has 0 bridgehead atoms. The first-order chi connectivity index (χ1) is 24.1. The fourth-order valence-corrected chi connectivity index (χ4v) is 6.54. The van der Waals surface area contributed by atoms with Crippen molar-refractivity contribution in [1.29, 1.82) is 0 Å². The molecule has 274 valence electrons. The van der Waals surface area contributed by atoms with Crippen molar-refractivity contribution in [3.63, 3.8) is 0 Å². The maximum absolute atomic E-state index is 14.1. The molecule has 0 aliphatic rings. The first-order valence-corrected chi connectivity index (χ1v) is 19.0. The Bertz CT molecular complexity index is 1510. The molecule has 2 atom stereocenters. The summed E-state index contributed by atoms with van der Waals surface area (Å²) >= 11 is 0. The fourth-order valence-electron chi connectivity index (χ4n) is 5.38. The molecule has 50 heavy (non-hydrogen) atoms. The van der Waals surface area contributed by atoms with Gasteiger partial charge in [-0.15, -0.1) is 0 Å². The van der Waals surface area contributed by atoms with Crippen LogP contribution >= 0.6 is 7.82 Å². The van der Waals surface area contributed by atoms with Crippen molar-refractivity contribution >= 4 is 25.3 Å². The Balaban J connectivity index is 1.92. The predicted molar refractivity (Wildman–Crippen MR) is 196 cm³/mol. The topological polar surface area (TPSA) is 136 Å². The molecule has 0 unspecified atom stereocenters. The number of carbonyl (C=O) groups is 2. The van der Waals surface area contributed by atoms with E-state index in [1.54, 1.807) is 44.1 Å². The van der Waals surface area contributed by atoms with Gasteiger partial charge in [0.05, 0.1) is 39.1 Å². The van der Waals surface area contributed by atoms with Crippen LogP contribution in [-0.2, 0) is 42.5 Å². The number of nitrogens with one attached hydrogen (secondary N) is 2. The van der Waals surface area contributed by atoms with Gasteiger partial charge in [0.1, 0.15) is 5.75 Å². The Labute approximate surface area is 297 Å². The normalized spacial score (nSPS) is 12.7. The summed E-state index contributed by atoms with van der Waals surface area (Å²) in [5.74, 6) is 0.255. The number of carbonyl (C=O) groups excluding carboxylic acids is 2. The lowest BCUT2D eigenvalue weighted by Gasteiger charge is -2.26. The summed E-state index contributed by atoms with van der Waals surface area (Å²) in [6.45, 7) is 8.64. The highest BCUT2D eigenvalue weighted by Gasteiger charge is 2.27. The summed E-state index contributed by atoms with van der Waals surface area (Å²) in [5, 5.41) is 17.8. The summed E-state index contributed by atoms with van der Waals surface area (Å²) in [5.41, 5.74) is 3.26. The van der Waals surface area contributed by atoms with Crippen LogP contribution in [0.4, 0.5) is 5.69 Å². The van der Waals surface area contributed by atoms with Gasteiger partial charge in [-0.05, 0) is 80.1 Å². The van der Waals surface area contributed by atoms with E-state index in [0.717, 1.165) is 29.7 Å². The van der Waals surface area contributed by atoms with Crippen LogP contribution in [0.2, 0.25) is 0 Å². The molecule has 11 nitrogen and oxygen atoms in total. The van der Waals surface area contributed by atoms with Crippen molar-refractivity contribution in [2.24, 2.45) is 0 Å². The number of methoxy groups -OCH3 is 1. The van der Waals surface area contributed by atoms with Crippen molar-refractivity contribution < 1.29 is 37.6 Å². The Morgan fingerprint density at radius 1 is 0.860 bits per heavy atom. The van der Waals surface area contributed by atoms with Crippen molar-refractivity contribution in [2.75, 3.05) is 38.3 Å². The molecule has 0 saturated heterocycles. The van der Waals surface area contributed by atoms with E-state index in [9.17, 15) is 19.3 Å². The number of unbranched alkanes of at least 4 members (excludes halogenated alkanes) is 1. The van der Waals surface area contributed by atoms with Crippen LogP contribution < -0.4 is 20.3 Å². The quantitative estimate of drug-likeness (QED) is 0.0906. The zero-order valence-electron chi connectivity index (χ0n) is 30.1. The van der Waals surface area contributed by atoms with E-state index in [1.807, 2.05) is 68.4 Å². The number of hydrogen-bond donors (Lipinski definition) is 3. The molecule has 0 heterocycles. The highest BCUT2D eigenvalue weighted by molar-refractivity contribution is 7.48. The lowest BCUT2D eigenvalue weighted by molar-refractivity contribution is -0.118. The van der Waals surface area contributed by atoms with E-state index in [2.05, 4.69) is 10.6 Å². The van der Waals surface area contributed by atoms with Crippen molar-refractivity contribution in [3.05, 3.63) is 95.1 Å². The number of phosphoric ester groups is 1. The number of hydrogen-bond acceptors (Lipinski definition) is 9.